The Labute approximate surface area is 162 Å². The molecule has 0 unspecified atom stereocenters. The molecule has 6 rings (SSSR count). The fraction of sp³-hybridized carbons (Fsp3) is 0.500. The van der Waals surface area contributed by atoms with Crippen LogP contribution in [0.2, 0.25) is 0 Å². The van der Waals surface area contributed by atoms with E-state index in [2.05, 4.69) is 33.0 Å². The van der Waals surface area contributed by atoms with Crippen LogP contribution in [0.25, 0.3) is 0 Å². The van der Waals surface area contributed by atoms with Crippen molar-refractivity contribution < 1.29 is 9.53 Å². The number of amides is 1. The van der Waals surface area contributed by atoms with E-state index in [9.17, 15) is 4.79 Å². The van der Waals surface area contributed by atoms with Crippen LogP contribution in [0.5, 0.6) is 5.75 Å². The highest BCUT2D eigenvalue weighted by molar-refractivity contribution is 7.14. The summed E-state index contributed by atoms with van der Waals surface area (Å²) in [6.45, 7) is 3.25. The van der Waals surface area contributed by atoms with Crippen molar-refractivity contribution in [1.29, 1.82) is 0 Å². The summed E-state index contributed by atoms with van der Waals surface area (Å²) >= 11 is 1.53. The monoisotopic (exact) mass is 384 g/mol. The van der Waals surface area contributed by atoms with E-state index in [0.717, 1.165) is 17.4 Å². The van der Waals surface area contributed by atoms with Crippen LogP contribution >= 0.6 is 11.3 Å². The Kier molecular flexibility index (Phi) is 4.09. The molecule has 0 spiro atoms. The van der Waals surface area contributed by atoms with E-state index in [1.165, 1.54) is 42.8 Å². The normalized spacial score (nSPS) is 31.7. The van der Waals surface area contributed by atoms with Crippen molar-refractivity contribution in [1.82, 2.24) is 9.88 Å². The van der Waals surface area contributed by atoms with Crippen LogP contribution in [0.1, 0.15) is 34.8 Å². The van der Waals surface area contributed by atoms with Gasteiger partial charge in [0, 0.05) is 29.4 Å². The fourth-order valence-electron chi connectivity index (χ4n) is 5.40. The molecule has 0 saturated carbocycles. The molecule has 4 aliphatic heterocycles. The number of benzene rings is 1. The van der Waals surface area contributed by atoms with E-state index in [1.54, 1.807) is 12.5 Å². The van der Waals surface area contributed by atoms with Gasteiger partial charge in [0.15, 0.2) is 5.13 Å². The van der Waals surface area contributed by atoms with Crippen molar-refractivity contribution in [3.8, 4) is 5.75 Å². The average Bonchev–Trinajstić information content (AvgIpc) is 3.35. The lowest BCUT2D eigenvalue weighted by molar-refractivity contribution is 0.0353. The van der Waals surface area contributed by atoms with Crippen LogP contribution in [0.3, 0.4) is 0 Å². The van der Waals surface area contributed by atoms with Gasteiger partial charge in [0.05, 0.1) is 13.2 Å². The van der Waals surface area contributed by atoms with Gasteiger partial charge >= 0.3 is 0 Å². The lowest BCUT2D eigenvalue weighted by atomic mass is 9.75. The third kappa shape index (κ3) is 2.63. The molecule has 142 valence electrons. The van der Waals surface area contributed by atoms with Gasteiger partial charge in [0.1, 0.15) is 11.4 Å². The maximum absolute atomic E-state index is 11.5. The van der Waals surface area contributed by atoms with Crippen molar-refractivity contribution in [3.63, 3.8) is 0 Å². The quantitative estimate of drug-likeness (QED) is 0.876. The predicted octanol–water partition coefficient (Wildman–Crippen LogP) is 2.32. The van der Waals surface area contributed by atoms with Gasteiger partial charge in [-0.2, -0.15) is 0 Å². The van der Waals surface area contributed by atoms with E-state index in [1.807, 2.05) is 6.07 Å². The zero-order valence-corrected chi connectivity index (χ0v) is 16.2. The Balaban J connectivity index is 1.56. The van der Waals surface area contributed by atoms with Crippen LogP contribution in [-0.2, 0) is 0 Å². The number of nitrogens with zero attached hydrogens (tertiary/aromatic N) is 3. The number of thiazole rings is 1. The maximum atomic E-state index is 11.5. The fourth-order valence-corrected chi connectivity index (χ4v) is 6.27. The molecule has 2 bridgehead atoms. The van der Waals surface area contributed by atoms with Crippen LogP contribution in [0.4, 0.5) is 5.13 Å². The molecule has 3 atom stereocenters. The Bertz CT molecular complexity index is 861. The number of aromatic nitrogens is 1. The number of hydrogen-bond donors (Lipinski definition) is 1. The zero-order valence-electron chi connectivity index (χ0n) is 15.4. The summed E-state index contributed by atoms with van der Waals surface area (Å²) in [5.41, 5.74) is 7.08. The Hall–Kier alpha value is -2.12. The van der Waals surface area contributed by atoms with Crippen molar-refractivity contribution in [2.75, 3.05) is 31.6 Å². The number of anilines is 1. The van der Waals surface area contributed by atoms with E-state index in [0.29, 0.717) is 29.6 Å². The number of para-hydroxylation sites is 1. The number of carbonyl (C=O) groups is 1. The third-order valence-electron chi connectivity index (χ3n) is 6.52. The molecule has 6 nitrogen and oxygen atoms in total. The van der Waals surface area contributed by atoms with Gasteiger partial charge in [0.2, 0.25) is 0 Å². The average molecular weight is 385 g/mol. The highest BCUT2D eigenvalue weighted by Crippen LogP contribution is 2.49. The van der Waals surface area contributed by atoms with Crippen molar-refractivity contribution >= 4 is 22.4 Å². The van der Waals surface area contributed by atoms with E-state index in [-0.39, 0.29) is 0 Å². The minimum Gasteiger partial charge on any atom is -0.496 e. The number of methoxy groups -OCH3 is 1. The number of rotatable bonds is 4. The number of piperidine rings is 3. The summed E-state index contributed by atoms with van der Waals surface area (Å²) in [6.07, 6.45) is 2.48. The van der Waals surface area contributed by atoms with Gasteiger partial charge in [0.25, 0.3) is 5.91 Å². The molecule has 0 aliphatic carbocycles. The molecule has 2 N–H and O–H groups in total. The summed E-state index contributed by atoms with van der Waals surface area (Å²) in [5, 5.41) is 2.70. The number of primary amides is 1. The topological polar surface area (TPSA) is 71.7 Å². The minimum atomic E-state index is -0.455. The molecule has 2 aromatic rings. The van der Waals surface area contributed by atoms with Crippen LogP contribution in [0.15, 0.2) is 29.6 Å². The summed E-state index contributed by atoms with van der Waals surface area (Å²) in [4.78, 5) is 21.2. The largest absolute Gasteiger partial charge is 0.496 e. The first-order chi connectivity index (χ1) is 13.2. The molecule has 5 heterocycles. The van der Waals surface area contributed by atoms with Gasteiger partial charge < -0.3 is 15.4 Å². The molecular formula is C20H24N4O2S. The standard InChI is InChI=1S/C20H24N4O2S/c1-26-16-5-3-2-4-13(16)14-10-24(20-22-15(11-27-20)19(21)25)17-12-6-8-23(9-7-12)18(14)17/h2-5,11-12,14,17-18H,6-10H2,1H3,(H2,21,25)/t14-,17-,18-/m0/s1. The molecule has 4 aliphatic rings. The smallest absolute Gasteiger partial charge is 0.268 e. The van der Waals surface area contributed by atoms with Gasteiger partial charge in [-0.25, -0.2) is 4.98 Å². The van der Waals surface area contributed by atoms with E-state index < -0.39 is 5.91 Å². The predicted molar refractivity (Wildman–Crippen MR) is 106 cm³/mol. The molecule has 1 aromatic heterocycles. The SMILES string of the molecule is COc1ccccc1[C@@H]1CN(c2nc(C(N)=O)cs2)[C@H]2C3CCN(CC3)[C@@H]12. The molecule has 4 saturated heterocycles. The van der Waals surface area contributed by atoms with Gasteiger partial charge in [-0.1, -0.05) is 18.2 Å². The lowest BCUT2D eigenvalue weighted by Gasteiger charge is -2.51. The number of hydrogen-bond acceptors (Lipinski definition) is 6. The summed E-state index contributed by atoms with van der Waals surface area (Å²) in [6, 6.07) is 9.28. The van der Waals surface area contributed by atoms with Gasteiger partial charge in [-0.3, -0.25) is 9.69 Å². The molecule has 1 amide bonds. The number of ether oxygens (including phenoxy) is 1. The molecule has 0 radical (unpaired) electrons. The van der Waals surface area contributed by atoms with Crippen molar-refractivity contribution in [2.24, 2.45) is 11.7 Å². The molecular weight excluding hydrogens is 360 g/mol. The maximum Gasteiger partial charge on any atom is 0.268 e. The summed E-state index contributed by atoms with van der Waals surface area (Å²) in [5.74, 6) is 1.56. The van der Waals surface area contributed by atoms with Crippen molar-refractivity contribution in [3.05, 3.63) is 40.9 Å². The first-order valence-electron chi connectivity index (χ1n) is 9.56. The number of carbonyl (C=O) groups excluding carboxylic acids is 1. The van der Waals surface area contributed by atoms with Crippen molar-refractivity contribution in [2.45, 2.75) is 30.8 Å². The highest BCUT2D eigenvalue weighted by atomic mass is 32.1. The van der Waals surface area contributed by atoms with Crippen LogP contribution in [-0.4, -0.2) is 54.6 Å². The second kappa shape index (κ2) is 6.49. The minimum absolute atomic E-state index is 0.369. The Morgan fingerprint density at radius 1 is 1.26 bits per heavy atom. The van der Waals surface area contributed by atoms with Crippen LogP contribution < -0.4 is 15.4 Å². The Morgan fingerprint density at radius 3 is 2.74 bits per heavy atom. The first kappa shape index (κ1) is 17.0. The van der Waals surface area contributed by atoms with E-state index in [4.69, 9.17) is 10.5 Å². The first-order valence-corrected chi connectivity index (χ1v) is 10.4. The summed E-state index contributed by atoms with van der Waals surface area (Å²) < 4.78 is 5.68. The molecule has 1 aromatic carbocycles. The number of fused-ring (bicyclic) bond motifs is 2. The third-order valence-corrected chi connectivity index (χ3v) is 7.40. The van der Waals surface area contributed by atoms with Crippen LogP contribution in [0, 0.1) is 5.92 Å². The number of nitrogens with two attached hydrogens (primary N) is 1. The second-order valence-electron chi connectivity index (χ2n) is 7.73. The van der Waals surface area contributed by atoms with E-state index >= 15 is 0 Å². The molecule has 4 fully saturated rings. The lowest BCUT2D eigenvalue weighted by Crippen LogP contribution is -2.60. The summed E-state index contributed by atoms with van der Waals surface area (Å²) in [7, 11) is 1.75. The van der Waals surface area contributed by atoms with Gasteiger partial charge in [-0.15, -0.1) is 11.3 Å². The second-order valence-corrected chi connectivity index (χ2v) is 8.57. The zero-order chi connectivity index (χ0) is 18.5. The molecule has 27 heavy (non-hydrogen) atoms. The van der Waals surface area contributed by atoms with Gasteiger partial charge in [-0.05, 0) is 37.9 Å². The Morgan fingerprint density at radius 2 is 2.04 bits per heavy atom. The molecule has 7 heteroatoms. The highest BCUT2D eigenvalue weighted by Gasteiger charge is 2.54.